The van der Waals surface area contributed by atoms with Crippen LogP contribution in [0, 0.1) is 6.92 Å². The molecule has 1 atom stereocenters. The van der Waals surface area contributed by atoms with Gasteiger partial charge in [-0.25, -0.2) is 13.2 Å². The lowest BCUT2D eigenvalue weighted by Crippen LogP contribution is -2.34. The zero-order chi connectivity index (χ0) is 19.9. The van der Waals surface area contributed by atoms with Crippen molar-refractivity contribution in [2.24, 2.45) is 4.99 Å². The van der Waals surface area contributed by atoms with E-state index in [2.05, 4.69) is 9.71 Å². The third-order valence-corrected chi connectivity index (χ3v) is 5.77. The second kappa shape index (κ2) is 9.57. The Balaban J connectivity index is 2.42. The van der Waals surface area contributed by atoms with E-state index in [1.807, 2.05) is 13.2 Å². The zero-order valence-electron chi connectivity index (χ0n) is 15.1. The first kappa shape index (κ1) is 21.0. The fourth-order valence-corrected chi connectivity index (χ4v) is 3.78. The maximum Gasteiger partial charge on any atom is 0.328 e. The number of hydrogen-bond acceptors (Lipinski definition) is 5. The van der Waals surface area contributed by atoms with Crippen LogP contribution in [-0.2, 0) is 14.8 Å². The van der Waals surface area contributed by atoms with Crippen LogP contribution in [0.2, 0.25) is 0 Å². The van der Waals surface area contributed by atoms with Gasteiger partial charge in [-0.1, -0.05) is 48.0 Å². The van der Waals surface area contributed by atoms with E-state index >= 15 is 0 Å². The molecule has 0 aliphatic rings. The summed E-state index contributed by atoms with van der Waals surface area (Å²) in [5.74, 6) is -0.468. The Morgan fingerprint density at radius 3 is 2.33 bits per heavy atom. The summed E-state index contributed by atoms with van der Waals surface area (Å²) in [6.45, 7) is 1.86. The molecule has 0 bridgehead atoms. The largest absolute Gasteiger partial charge is 0.480 e. The number of carboxylic acid groups (broad SMARTS) is 1. The number of aryl methyl sites for hydroxylation is 1. The topological polar surface area (TPSA) is 95.8 Å². The Labute approximate surface area is 163 Å². The van der Waals surface area contributed by atoms with Crippen LogP contribution in [0.1, 0.15) is 17.5 Å². The second-order valence-corrected chi connectivity index (χ2v) is 8.57. The number of carboxylic acids is 1. The summed E-state index contributed by atoms with van der Waals surface area (Å²) < 4.78 is 28.0. The average molecular weight is 407 g/mol. The minimum absolute atomic E-state index is 0.0182. The van der Waals surface area contributed by atoms with E-state index < -0.39 is 22.0 Å². The predicted octanol–water partition coefficient (Wildman–Crippen LogP) is 2.93. The molecule has 0 unspecified atom stereocenters. The van der Waals surface area contributed by atoms with Crippen molar-refractivity contribution in [3.63, 3.8) is 0 Å². The van der Waals surface area contributed by atoms with Gasteiger partial charge in [0.1, 0.15) is 5.84 Å². The van der Waals surface area contributed by atoms with Gasteiger partial charge in [0, 0.05) is 5.56 Å². The molecule has 2 aromatic carbocycles. The van der Waals surface area contributed by atoms with Crippen molar-refractivity contribution in [3.8, 4) is 0 Å². The van der Waals surface area contributed by atoms with Gasteiger partial charge in [0.25, 0.3) is 10.0 Å². The molecule has 2 aromatic rings. The molecule has 0 radical (unpaired) electrons. The van der Waals surface area contributed by atoms with Crippen molar-refractivity contribution in [2.75, 3.05) is 12.0 Å². The van der Waals surface area contributed by atoms with E-state index in [0.717, 1.165) is 5.56 Å². The van der Waals surface area contributed by atoms with Gasteiger partial charge in [0.05, 0.1) is 4.90 Å². The molecule has 27 heavy (non-hydrogen) atoms. The highest BCUT2D eigenvalue weighted by atomic mass is 32.2. The van der Waals surface area contributed by atoms with Crippen molar-refractivity contribution in [1.82, 2.24) is 4.72 Å². The van der Waals surface area contributed by atoms with Gasteiger partial charge in [-0.2, -0.15) is 11.8 Å². The van der Waals surface area contributed by atoms with Gasteiger partial charge >= 0.3 is 5.97 Å². The van der Waals surface area contributed by atoms with Crippen LogP contribution in [-0.4, -0.2) is 43.4 Å². The summed E-state index contributed by atoms with van der Waals surface area (Å²) in [7, 11) is -3.90. The lowest BCUT2D eigenvalue weighted by Gasteiger charge is -2.14. The summed E-state index contributed by atoms with van der Waals surface area (Å²) in [4.78, 5) is 15.9. The van der Waals surface area contributed by atoms with Crippen LogP contribution in [0.15, 0.2) is 64.5 Å². The van der Waals surface area contributed by atoms with Gasteiger partial charge in [-0.15, -0.1) is 0 Å². The summed E-state index contributed by atoms with van der Waals surface area (Å²) in [5.41, 5.74) is 1.44. The highest BCUT2D eigenvalue weighted by Crippen LogP contribution is 2.13. The fraction of sp³-hybridized carbons (Fsp3) is 0.263. The molecule has 0 saturated carbocycles. The van der Waals surface area contributed by atoms with Crippen molar-refractivity contribution in [3.05, 3.63) is 65.7 Å². The zero-order valence-corrected chi connectivity index (χ0v) is 16.8. The van der Waals surface area contributed by atoms with Gasteiger partial charge in [-0.05, 0) is 37.5 Å². The Morgan fingerprint density at radius 1 is 1.15 bits per heavy atom. The van der Waals surface area contributed by atoms with Crippen LogP contribution in [0.3, 0.4) is 0 Å². The number of rotatable bonds is 8. The summed E-state index contributed by atoms with van der Waals surface area (Å²) >= 11 is 1.51. The Hall–Kier alpha value is -2.32. The number of nitrogens with zero attached hydrogens (tertiary/aromatic N) is 1. The monoisotopic (exact) mass is 406 g/mol. The Morgan fingerprint density at radius 2 is 1.78 bits per heavy atom. The van der Waals surface area contributed by atoms with E-state index in [0.29, 0.717) is 17.7 Å². The maximum atomic E-state index is 12.7. The number of carbonyl (C=O) groups is 1. The standard InChI is InChI=1S/C19H22N2O4S2/c1-14-8-10-16(11-9-14)27(24,25)21-18(15-6-4-3-5-7-15)20-17(19(22)23)12-13-26-2/h3-11,17H,12-13H2,1-2H3,(H,20,21)(H,22,23)/t17-/m0/s1. The fourth-order valence-electron chi connectivity index (χ4n) is 2.29. The molecular weight excluding hydrogens is 384 g/mol. The van der Waals surface area contributed by atoms with Crippen LogP contribution in [0.4, 0.5) is 0 Å². The van der Waals surface area contributed by atoms with Gasteiger partial charge in [-0.3, -0.25) is 9.71 Å². The molecule has 2 rings (SSSR count). The molecule has 0 saturated heterocycles. The number of sulfonamides is 1. The molecule has 0 aliphatic heterocycles. The predicted molar refractivity (Wildman–Crippen MR) is 109 cm³/mol. The number of aliphatic carboxylic acids is 1. The minimum atomic E-state index is -3.90. The van der Waals surface area contributed by atoms with Crippen LogP contribution < -0.4 is 4.72 Å². The molecular formula is C19H22N2O4S2. The first-order valence-corrected chi connectivity index (χ1v) is 11.2. The number of hydrogen-bond donors (Lipinski definition) is 2. The van der Waals surface area contributed by atoms with Crippen LogP contribution in [0.25, 0.3) is 0 Å². The smallest absolute Gasteiger partial charge is 0.328 e. The number of aliphatic imine (C=N–C) groups is 1. The van der Waals surface area contributed by atoms with Crippen LogP contribution >= 0.6 is 11.8 Å². The molecule has 0 heterocycles. The number of amidine groups is 1. The highest BCUT2D eigenvalue weighted by molar-refractivity contribution is 7.98. The molecule has 8 heteroatoms. The summed E-state index contributed by atoms with van der Waals surface area (Å²) in [6.07, 6.45) is 2.18. The van der Waals surface area contributed by atoms with E-state index in [-0.39, 0.29) is 10.7 Å². The Kier molecular flexibility index (Phi) is 7.44. The molecule has 2 N–H and O–H groups in total. The number of benzene rings is 2. The molecule has 0 spiro atoms. The van der Waals surface area contributed by atoms with Gasteiger partial charge < -0.3 is 5.11 Å². The third-order valence-electron chi connectivity index (χ3n) is 3.77. The van der Waals surface area contributed by atoms with Crippen molar-refractivity contribution < 1.29 is 18.3 Å². The number of nitrogens with one attached hydrogen (secondary N) is 1. The normalized spacial score (nSPS) is 13.2. The van der Waals surface area contributed by atoms with E-state index in [4.69, 9.17) is 0 Å². The third kappa shape index (κ3) is 6.11. The van der Waals surface area contributed by atoms with E-state index in [1.54, 1.807) is 42.5 Å². The van der Waals surface area contributed by atoms with Crippen molar-refractivity contribution in [1.29, 1.82) is 0 Å². The maximum absolute atomic E-state index is 12.7. The second-order valence-electron chi connectivity index (χ2n) is 5.90. The van der Waals surface area contributed by atoms with E-state index in [1.165, 1.54) is 23.9 Å². The first-order valence-electron chi connectivity index (χ1n) is 8.28. The lowest BCUT2D eigenvalue weighted by atomic mass is 10.2. The SMILES string of the molecule is CSCC[C@H](N=C(NS(=O)(=O)c1ccc(C)cc1)c1ccccc1)C(=O)O. The Bertz CT molecular complexity index is 895. The lowest BCUT2D eigenvalue weighted by molar-refractivity contribution is -0.138. The minimum Gasteiger partial charge on any atom is -0.480 e. The molecule has 144 valence electrons. The highest BCUT2D eigenvalue weighted by Gasteiger charge is 2.21. The molecule has 0 fully saturated rings. The van der Waals surface area contributed by atoms with E-state index in [9.17, 15) is 18.3 Å². The molecule has 0 aliphatic carbocycles. The average Bonchev–Trinajstić information content (AvgIpc) is 2.65. The van der Waals surface area contributed by atoms with Gasteiger partial charge in [0.2, 0.25) is 0 Å². The molecule has 0 amide bonds. The molecule has 0 aromatic heterocycles. The van der Waals surface area contributed by atoms with Crippen molar-refractivity contribution >= 4 is 33.6 Å². The van der Waals surface area contributed by atoms with Crippen molar-refractivity contribution in [2.45, 2.75) is 24.3 Å². The molecule has 6 nitrogen and oxygen atoms in total. The summed E-state index contributed by atoms with van der Waals surface area (Å²) in [6, 6.07) is 14.0. The summed E-state index contributed by atoms with van der Waals surface area (Å²) in [5, 5.41) is 9.45. The van der Waals surface area contributed by atoms with Crippen LogP contribution in [0.5, 0.6) is 0 Å². The first-order chi connectivity index (χ1) is 12.8. The number of thioether (sulfide) groups is 1. The quantitative estimate of drug-likeness (QED) is 0.519. The van der Waals surface area contributed by atoms with Gasteiger partial charge in [0.15, 0.2) is 6.04 Å².